The summed E-state index contributed by atoms with van der Waals surface area (Å²) < 4.78 is 0. The molecule has 0 radical (unpaired) electrons. The SMILES string of the molecule is CN(C)c1ccc2c(c1)N(C(=O)c1ccc(Cl)cc1Cl)CCC2=O. The molecule has 0 N–H and O–H groups in total. The van der Waals surface area contributed by atoms with Crippen molar-refractivity contribution in [3.63, 3.8) is 0 Å². The van der Waals surface area contributed by atoms with Gasteiger partial charge in [-0.1, -0.05) is 23.2 Å². The van der Waals surface area contributed by atoms with Gasteiger partial charge in [-0.25, -0.2) is 0 Å². The predicted octanol–water partition coefficient (Wildman–Crippen LogP) is 4.29. The van der Waals surface area contributed by atoms with Gasteiger partial charge in [-0.3, -0.25) is 9.59 Å². The number of anilines is 2. The molecule has 0 atom stereocenters. The Hall–Kier alpha value is -2.04. The van der Waals surface area contributed by atoms with Crippen LogP contribution < -0.4 is 9.80 Å². The highest BCUT2D eigenvalue weighted by Crippen LogP contribution is 2.33. The molecule has 1 aliphatic rings. The number of rotatable bonds is 2. The predicted molar refractivity (Wildman–Crippen MR) is 97.9 cm³/mol. The third-order valence-electron chi connectivity index (χ3n) is 4.06. The summed E-state index contributed by atoms with van der Waals surface area (Å²) in [6.45, 7) is 0.334. The van der Waals surface area contributed by atoms with Crippen LogP contribution in [0.15, 0.2) is 36.4 Å². The standard InChI is InChI=1S/C18H16Cl2N2O2/c1-21(2)12-4-6-14-16(10-12)22(8-7-17(14)23)18(24)13-5-3-11(19)9-15(13)20/h3-6,9-10H,7-8H2,1-2H3. The van der Waals surface area contributed by atoms with Crippen LogP contribution in [0.2, 0.25) is 10.0 Å². The Morgan fingerprint density at radius 3 is 2.54 bits per heavy atom. The zero-order valence-corrected chi connectivity index (χ0v) is 14.9. The quantitative estimate of drug-likeness (QED) is 0.799. The van der Waals surface area contributed by atoms with Crippen LogP contribution in [0.3, 0.4) is 0 Å². The second-order valence-electron chi connectivity index (χ2n) is 5.85. The van der Waals surface area contributed by atoms with Crippen LogP contribution in [0.25, 0.3) is 0 Å². The van der Waals surface area contributed by atoms with Crippen molar-refractivity contribution in [1.29, 1.82) is 0 Å². The summed E-state index contributed by atoms with van der Waals surface area (Å²) in [5.74, 6) is -0.192. The van der Waals surface area contributed by atoms with Crippen LogP contribution in [-0.2, 0) is 0 Å². The van der Waals surface area contributed by atoms with E-state index in [9.17, 15) is 9.59 Å². The molecule has 0 spiro atoms. The number of Topliss-reactive ketones (excluding diaryl/α,β-unsaturated/α-hetero) is 1. The summed E-state index contributed by atoms with van der Waals surface area (Å²) in [5.41, 5.74) is 2.47. The van der Waals surface area contributed by atoms with Gasteiger partial charge in [0.1, 0.15) is 0 Å². The van der Waals surface area contributed by atoms with E-state index in [1.807, 2.05) is 31.1 Å². The minimum atomic E-state index is -0.235. The van der Waals surface area contributed by atoms with Gasteiger partial charge in [0, 0.05) is 43.3 Å². The van der Waals surface area contributed by atoms with E-state index >= 15 is 0 Å². The lowest BCUT2D eigenvalue weighted by Gasteiger charge is -2.30. The van der Waals surface area contributed by atoms with Crippen LogP contribution in [0, 0.1) is 0 Å². The summed E-state index contributed by atoms with van der Waals surface area (Å²) in [6.07, 6.45) is 0.297. The first-order valence-electron chi connectivity index (χ1n) is 7.50. The first-order chi connectivity index (χ1) is 11.4. The largest absolute Gasteiger partial charge is 0.378 e. The maximum Gasteiger partial charge on any atom is 0.259 e. The van der Waals surface area contributed by atoms with Crippen LogP contribution in [0.5, 0.6) is 0 Å². The number of benzene rings is 2. The van der Waals surface area contributed by atoms with Crippen molar-refractivity contribution in [3.05, 3.63) is 57.6 Å². The summed E-state index contributed by atoms with van der Waals surface area (Å²) in [5, 5.41) is 0.774. The van der Waals surface area contributed by atoms with E-state index < -0.39 is 0 Å². The zero-order valence-electron chi connectivity index (χ0n) is 13.3. The maximum atomic E-state index is 13.0. The van der Waals surface area contributed by atoms with Gasteiger partial charge < -0.3 is 9.80 Å². The van der Waals surface area contributed by atoms with Crippen molar-refractivity contribution >= 4 is 46.3 Å². The molecule has 0 aromatic heterocycles. The molecule has 2 aromatic rings. The molecule has 0 fully saturated rings. The molecule has 1 amide bonds. The molecule has 2 aromatic carbocycles. The van der Waals surface area contributed by atoms with Crippen molar-refractivity contribution in [2.45, 2.75) is 6.42 Å². The van der Waals surface area contributed by atoms with Gasteiger partial charge in [-0.15, -0.1) is 0 Å². The summed E-state index contributed by atoms with van der Waals surface area (Å²) in [7, 11) is 3.82. The van der Waals surface area contributed by atoms with E-state index in [1.165, 1.54) is 0 Å². The van der Waals surface area contributed by atoms with Crippen molar-refractivity contribution in [1.82, 2.24) is 0 Å². The number of hydrogen-bond acceptors (Lipinski definition) is 3. The molecular formula is C18H16Cl2N2O2. The number of nitrogens with zero attached hydrogens (tertiary/aromatic N) is 2. The Labute approximate surface area is 150 Å². The minimum Gasteiger partial charge on any atom is -0.378 e. The Morgan fingerprint density at radius 1 is 1.12 bits per heavy atom. The number of fused-ring (bicyclic) bond motifs is 1. The number of carbonyl (C=O) groups excluding carboxylic acids is 2. The molecule has 4 nitrogen and oxygen atoms in total. The van der Waals surface area contributed by atoms with Crippen molar-refractivity contribution < 1.29 is 9.59 Å². The van der Waals surface area contributed by atoms with E-state index in [4.69, 9.17) is 23.2 Å². The minimum absolute atomic E-state index is 0.0431. The van der Waals surface area contributed by atoms with Crippen LogP contribution >= 0.6 is 23.2 Å². The summed E-state index contributed by atoms with van der Waals surface area (Å²) >= 11 is 12.1. The smallest absolute Gasteiger partial charge is 0.259 e. The number of halogens is 2. The van der Waals surface area contributed by atoms with Crippen LogP contribution in [0.1, 0.15) is 27.1 Å². The van der Waals surface area contributed by atoms with Gasteiger partial charge in [0.05, 0.1) is 16.3 Å². The van der Waals surface area contributed by atoms with Gasteiger partial charge in [0.15, 0.2) is 5.78 Å². The number of amides is 1. The number of carbonyl (C=O) groups is 2. The van der Waals surface area contributed by atoms with Crippen LogP contribution in [0.4, 0.5) is 11.4 Å². The fraction of sp³-hybridized carbons (Fsp3) is 0.222. The summed E-state index contributed by atoms with van der Waals surface area (Å²) in [4.78, 5) is 28.7. The van der Waals surface area contributed by atoms with Crippen molar-refractivity contribution in [3.8, 4) is 0 Å². The van der Waals surface area contributed by atoms with Crippen LogP contribution in [-0.4, -0.2) is 32.3 Å². The fourth-order valence-corrected chi connectivity index (χ4v) is 3.23. The highest BCUT2D eigenvalue weighted by molar-refractivity contribution is 6.37. The molecule has 124 valence electrons. The first kappa shape index (κ1) is 16.8. The van der Waals surface area contributed by atoms with Crippen molar-refractivity contribution in [2.24, 2.45) is 0 Å². The normalized spacial score (nSPS) is 13.7. The zero-order chi connectivity index (χ0) is 17.4. The first-order valence-corrected chi connectivity index (χ1v) is 8.25. The lowest BCUT2D eigenvalue weighted by atomic mass is 9.98. The molecular weight excluding hydrogens is 347 g/mol. The average Bonchev–Trinajstić information content (AvgIpc) is 2.54. The average molecular weight is 363 g/mol. The fourth-order valence-electron chi connectivity index (χ4n) is 2.75. The monoisotopic (exact) mass is 362 g/mol. The van der Waals surface area contributed by atoms with Gasteiger partial charge in [0.2, 0.25) is 0 Å². The third-order valence-corrected chi connectivity index (χ3v) is 4.61. The van der Waals surface area contributed by atoms with Gasteiger partial charge in [-0.2, -0.15) is 0 Å². The van der Waals surface area contributed by atoms with Gasteiger partial charge in [-0.05, 0) is 36.4 Å². The highest BCUT2D eigenvalue weighted by atomic mass is 35.5. The second-order valence-corrected chi connectivity index (χ2v) is 6.69. The maximum absolute atomic E-state index is 13.0. The van der Waals surface area contributed by atoms with Gasteiger partial charge in [0.25, 0.3) is 5.91 Å². The van der Waals surface area contributed by atoms with E-state index in [2.05, 4.69) is 0 Å². The third kappa shape index (κ3) is 2.99. The Bertz CT molecular complexity index is 834. The van der Waals surface area contributed by atoms with Gasteiger partial charge >= 0.3 is 0 Å². The molecule has 3 rings (SSSR count). The number of hydrogen-bond donors (Lipinski definition) is 0. The number of ketones is 1. The molecule has 6 heteroatoms. The molecule has 0 saturated heterocycles. The molecule has 0 aliphatic carbocycles. The lowest BCUT2D eigenvalue weighted by molar-refractivity contribution is 0.0955. The Balaban J connectivity index is 2.07. The second kappa shape index (κ2) is 6.46. The van der Waals surface area contributed by atoms with E-state index in [1.54, 1.807) is 29.2 Å². The molecule has 1 heterocycles. The topological polar surface area (TPSA) is 40.6 Å². The van der Waals surface area contributed by atoms with Crippen molar-refractivity contribution in [2.75, 3.05) is 30.4 Å². The Kier molecular flexibility index (Phi) is 4.52. The van der Waals surface area contributed by atoms with E-state index in [0.717, 1.165) is 5.69 Å². The lowest BCUT2D eigenvalue weighted by Crippen LogP contribution is -2.37. The molecule has 24 heavy (non-hydrogen) atoms. The van der Waals surface area contributed by atoms with E-state index in [0.29, 0.717) is 39.8 Å². The van der Waals surface area contributed by atoms with E-state index in [-0.39, 0.29) is 11.7 Å². The molecule has 1 aliphatic heterocycles. The molecule has 0 bridgehead atoms. The Morgan fingerprint density at radius 2 is 1.88 bits per heavy atom. The molecule has 0 saturated carbocycles. The highest BCUT2D eigenvalue weighted by Gasteiger charge is 2.29. The molecule has 0 unspecified atom stereocenters. The summed E-state index contributed by atoms with van der Waals surface area (Å²) in [6, 6.07) is 10.3.